The molecule has 174 valence electrons. The van der Waals surface area contributed by atoms with Gasteiger partial charge in [0.1, 0.15) is 0 Å². The zero-order valence-electron chi connectivity index (χ0n) is 20.4. The van der Waals surface area contributed by atoms with Gasteiger partial charge in [-0.15, -0.1) is 0 Å². The number of rotatable bonds is 3. The van der Waals surface area contributed by atoms with E-state index >= 15 is 0 Å². The number of hydrogen-bond donors (Lipinski definition) is 0. The van der Waals surface area contributed by atoms with E-state index in [-0.39, 0.29) is 0 Å². The maximum Gasteiger partial charge on any atom is 0.0468 e. The van der Waals surface area contributed by atoms with Crippen molar-refractivity contribution < 1.29 is 0 Å². The van der Waals surface area contributed by atoms with E-state index in [9.17, 15) is 0 Å². The van der Waals surface area contributed by atoms with Crippen molar-refractivity contribution >= 4 is 22.6 Å². The average molecular weight is 472 g/mol. The molecule has 1 heteroatoms. The van der Waals surface area contributed by atoms with Gasteiger partial charge >= 0.3 is 0 Å². The number of benzene rings is 5. The summed E-state index contributed by atoms with van der Waals surface area (Å²) < 4.78 is 0. The molecule has 0 amide bonds. The normalized spacial score (nSPS) is 17.8. The molecule has 5 aromatic carbocycles. The molecule has 2 unspecified atom stereocenters. The smallest absolute Gasteiger partial charge is 0.0468 e. The first kappa shape index (κ1) is 20.6. The van der Waals surface area contributed by atoms with Gasteiger partial charge in [-0.25, -0.2) is 0 Å². The summed E-state index contributed by atoms with van der Waals surface area (Å²) in [4.78, 5) is 2.36. The van der Waals surface area contributed by atoms with Gasteiger partial charge in [-0.05, 0) is 80.9 Å². The lowest BCUT2D eigenvalue weighted by molar-refractivity contribution is 0.758. The molecule has 0 saturated carbocycles. The Balaban J connectivity index is 1.44. The van der Waals surface area contributed by atoms with Crippen LogP contribution in [-0.4, -0.2) is 0 Å². The van der Waals surface area contributed by atoms with Gasteiger partial charge in [0.15, 0.2) is 0 Å². The molecule has 0 spiro atoms. The van der Waals surface area contributed by atoms with Crippen LogP contribution in [0.2, 0.25) is 0 Å². The first-order valence-corrected chi connectivity index (χ1v) is 13.0. The Kier molecular flexibility index (Phi) is 4.41. The first-order chi connectivity index (χ1) is 18.4. The molecule has 0 N–H and O–H groups in total. The fourth-order valence-electron chi connectivity index (χ4n) is 6.71. The molecule has 0 aliphatic heterocycles. The molecule has 1 nitrogen and oxygen atoms in total. The lowest BCUT2D eigenvalue weighted by Gasteiger charge is -2.30. The highest BCUT2D eigenvalue weighted by Crippen LogP contribution is 2.59. The summed E-state index contributed by atoms with van der Waals surface area (Å²) in [6, 6.07) is 44.4. The van der Waals surface area contributed by atoms with Crippen molar-refractivity contribution in [1.29, 1.82) is 0 Å². The van der Waals surface area contributed by atoms with Crippen LogP contribution in [0.15, 0.2) is 140 Å². The van der Waals surface area contributed by atoms with Crippen molar-refractivity contribution in [2.45, 2.75) is 11.8 Å². The van der Waals surface area contributed by atoms with Crippen LogP contribution >= 0.6 is 0 Å². The van der Waals surface area contributed by atoms with E-state index in [0.29, 0.717) is 11.8 Å². The lowest BCUT2D eigenvalue weighted by Crippen LogP contribution is -2.13. The zero-order valence-corrected chi connectivity index (χ0v) is 20.4. The number of hydrogen-bond acceptors (Lipinski definition) is 1. The van der Waals surface area contributed by atoms with Gasteiger partial charge in [-0.3, -0.25) is 0 Å². The molecule has 0 heterocycles. The summed E-state index contributed by atoms with van der Waals surface area (Å²) >= 11 is 0. The van der Waals surface area contributed by atoms with Crippen LogP contribution in [0.3, 0.4) is 0 Å². The van der Waals surface area contributed by atoms with Crippen molar-refractivity contribution in [2.24, 2.45) is 0 Å². The minimum atomic E-state index is 0.325. The SMILES string of the molecule is C1=CC2c3cccc4c3-c3cc(N(c5ccccc5)c5ccccc5)ccc3C(=C1)C2c1ccccc1-4. The molecule has 0 radical (unpaired) electrons. The molecule has 3 aliphatic rings. The Morgan fingerprint density at radius 3 is 1.95 bits per heavy atom. The maximum absolute atomic E-state index is 2.42. The Morgan fingerprint density at radius 1 is 0.486 bits per heavy atom. The minimum Gasteiger partial charge on any atom is -0.310 e. The van der Waals surface area contributed by atoms with Gasteiger partial charge < -0.3 is 4.90 Å². The van der Waals surface area contributed by atoms with Crippen LogP contribution in [0.5, 0.6) is 0 Å². The summed E-state index contributed by atoms with van der Waals surface area (Å²) in [5, 5.41) is 0. The summed E-state index contributed by atoms with van der Waals surface area (Å²) in [6.45, 7) is 0. The third-order valence-corrected chi connectivity index (χ3v) is 8.20. The van der Waals surface area contributed by atoms with Crippen molar-refractivity contribution in [2.75, 3.05) is 4.90 Å². The molecular formula is C36H25N. The van der Waals surface area contributed by atoms with Crippen LogP contribution in [0.1, 0.15) is 28.5 Å². The summed E-state index contributed by atoms with van der Waals surface area (Å²) in [5.41, 5.74) is 14.6. The van der Waals surface area contributed by atoms with Crippen LogP contribution in [0, 0.1) is 0 Å². The minimum absolute atomic E-state index is 0.325. The number of para-hydroxylation sites is 2. The van der Waals surface area contributed by atoms with E-state index in [0.717, 1.165) is 11.4 Å². The monoisotopic (exact) mass is 471 g/mol. The highest BCUT2D eigenvalue weighted by Gasteiger charge is 2.39. The van der Waals surface area contributed by atoms with Crippen molar-refractivity contribution in [1.82, 2.24) is 0 Å². The van der Waals surface area contributed by atoms with Gasteiger partial charge in [-0.2, -0.15) is 0 Å². The Hall–Kier alpha value is -4.62. The predicted molar refractivity (Wildman–Crippen MR) is 155 cm³/mol. The van der Waals surface area contributed by atoms with Crippen LogP contribution in [0.4, 0.5) is 17.1 Å². The average Bonchev–Trinajstić information content (AvgIpc) is 3.07. The molecule has 0 aromatic heterocycles. The van der Waals surface area contributed by atoms with Crippen LogP contribution < -0.4 is 4.90 Å². The van der Waals surface area contributed by atoms with Crippen molar-refractivity contribution in [3.63, 3.8) is 0 Å². The number of nitrogens with zero attached hydrogens (tertiary/aromatic N) is 1. The predicted octanol–water partition coefficient (Wildman–Crippen LogP) is 9.64. The van der Waals surface area contributed by atoms with E-state index in [1.807, 2.05) is 0 Å². The molecule has 5 aromatic rings. The Bertz CT molecular complexity index is 1690. The summed E-state index contributed by atoms with van der Waals surface area (Å²) in [6.07, 6.45) is 7.02. The molecule has 0 saturated heterocycles. The zero-order chi connectivity index (χ0) is 24.3. The third-order valence-electron chi connectivity index (χ3n) is 8.20. The molecule has 37 heavy (non-hydrogen) atoms. The second-order valence-corrected chi connectivity index (χ2v) is 10.1. The fraction of sp³-hybridized carbons (Fsp3) is 0.0556. The number of fused-ring (bicyclic) bond motifs is 4. The number of anilines is 3. The molecule has 6 bridgehead atoms. The van der Waals surface area contributed by atoms with Crippen molar-refractivity contribution in [3.05, 3.63) is 156 Å². The maximum atomic E-state index is 2.42. The molecule has 0 fully saturated rings. The highest BCUT2D eigenvalue weighted by molar-refractivity contribution is 6.01. The second kappa shape index (κ2) is 7.94. The van der Waals surface area contributed by atoms with E-state index in [1.165, 1.54) is 50.2 Å². The molecule has 2 atom stereocenters. The molecule has 8 rings (SSSR count). The van der Waals surface area contributed by atoms with Crippen molar-refractivity contribution in [3.8, 4) is 22.3 Å². The van der Waals surface area contributed by atoms with Gasteiger partial charge in [0.05, 0.1) is 0 Å². The largest absolute Gasteiger partial charge is 0.310 e. The highest BCUT2D eigenvalue weighted by atomic mass is 15.1. The van der Waals surface area contributed by atoms with E-state index < -0.39 is 0 Å². The lowest BCUT2D eigenvalue weighted by atomic mass is 9.73. The summed E-state index contributed by atoms with van der Waals surface area (Å²) in [7, 11) is 0. The first-order valence-electron chi connectivity index (χ1n) is 13.0. The molecular weight excluding hydrogens is 446 g/mol. The standard InChI is InChI=1S/C36H25N/c1-3-11-24(12-4-1)37(25-13-5-2-6-14-25)26-21-22-28-31-18-10-19-32-33-20-9-17-30(36(33)34(28)23-26)27-15-7-8-16-29(27)35(31)32/h1-23,32,35H. The van der Waals surface area contributed by atoms with Gasteiger partial charge in [-0.1, -0.05) is 103 Å². The van der Waals surface area contributed by atoms with Crippen LogP contribution in [-0.2, 0) is 0 Å². The Morgan fingerprint density at radius 2 is 1.16 bits per heavy atom. The van der Waals surface area contributed by atoms with Gasteiger partial charge in [0.2, 0.25) is 0 Å². The van der Waals surface area contributed by atoms with E-state index in [2.05, 4.69) is 144 Å². The Labute approximate surface area is 217 Å². The quantitative estimate of drug-likeness (QED) is 0.253. The van der Waals surface area contributed by atoms with E-state index in [1.54, 1.807) is 0 Å². The molecule has 3 aliphatic carbocycles. The number of allylic oxidation sites excluding steroid dienone is 4. The second-order valence-electron chi connectivity index (χ2n) is 10.1. The van der Waals surface area contributed by atoms with Gasteiger partial charge in [0, 0.05) is 28.9 Å². The van der Waals surface area contributed by atoms with Gasteiger partial charge in [0.25, 0.3) is 0 Å². The van der Waals surface area contributed by atoms with Crippen LogP contribution in [0.25, 0.3) is 27.8 Å². The fourth-order valence-corrected chi connectivity index (χ4v) is 6.71. The third kappa shape index (κ3) is 2.98. The van der Waals surface area contributed by atoms with E-state index in [4.69, 9.17) is 0 Å². The topological polar surface area (TPSA) is 3.24 Å². The summed E-state index contributed by atoms with van der Waals surface area (Å²) in [5.74, 6) is 0.667.